The third-order valence-electron chi connectivity index (χ3n) is 3.25. The van der Waals surface area contributed by atoms with Gasteiger partial charge in [-0.1, -0.05) is 31.2 Å². The largest absolute Gasteiger partial charge is 0.364 e. The average Bonchev–Trinajstić information content (AvgIpc) is 2.87. The molecule has 2 aromatic rings. The Bertz CT molecular complexity index is 553. The number of aromatic nitrogens is 3. The molecule has 0 amide bonds. The van der Waals surface area contributed by atoms with E-state index in [-0.39, 0.29) is 0 Å². The van der Waals surface area contributed by atoms with Gasteiger partial charge in [0.15, 0.2) is 5.82 Å². The van der Waals surface area contributed by atoms with Gasteiger partial charge < -0.3 is 4.90 Å². The monoisotopic (exact) mass is 240 g/mol. The lowest BCUT2D eigenvalue weighted by molar-refractivity contribution is 0.342. The van der Waals surface area contributed by atoms with Gasteiger partial charge in [0.1, 0.15) is 6.33 Å². The molecule has 4 heteroatoms. The molecule has 0 saturated carbocycles. The van der Waals surface area contributed by atoms with Crippen molar-refractivity contribution in [3.05, 3.63) is 53.7 Å². The van der Waals surface area contributed by atoms with E-state index >= 15 is 0 Å². The number of nitrogens with zero attached hydrogens (tertiary/aromatic N) is 4. The van der Waals surface area contributed by atoms with Gasteiger partial charge >= 0.3 is 0 Å². The predicted molar refractivity (Wildman–Crippen MR) is 70.4 cm³/mol. The van der Waals surface area contributed by atoms with Gasteiger partial charge in [-0.3, -0.25) is 4.57 Å². The first-order valence-corrected chi connectivity index (χ1v) is 6.23. The standard InChI is InChI=1S/C14H16N4/c1-2-12-3-5-13(6-4-12)9-17-7-8-18-11-15-16-14(18)10-17/h3-8,11H,2,9-10H2,1H3. The highest BCUT2D eigenvalue weighted by molar-refractivity contribution is 5.28. The van der Waals surface area contributed by atoms with Gasteiger partial charge in [-0.2, -0.15) is 0 Å². The Morgan fingerprint density at radius 2 is 1.89 bits per heavy atom. The summed E-state index contributed by atoms with van der Waals surface area (Å²) < 4.78 is 1.96. The minimum atomic E-state index is 0.812. The summed E-state index contributed by atoms with van der Waals surface area (Å²) >= 11 is 0. The predicted octanol–water partition coefficient (Wildman–Crippen LogP) is 2.28. The van der Waals surface area contributed by atoms with Crippen molar-refractivity contribution in [2.45, 2.75) is 26.4 Å². The summed E-state index contributed by atoms with van der Waals surface area (Å²) in [6.45, 7) is 3.90. The van der Waals surface area contributed by atoms with Crippen molar-refractivity contribution in [1.82, 2.24) is 19.7 Å². The van der Waals surface area contributed by atoms with Crippen molar-refractivity contribution in [2.24, 2.45) is 0 Å². The maximum absolute atomic E-state index is 4.10. The first-order chi connectivity index (χ1) is 8.85. The zero-order valence-electron chi connectivity index (χ0n) is 10.5. The van der Waals surface area contributed by atoms with Crippen LogP contribution in [-0.2, 0) is 19.5 Å². The molecule has 18 heavy (non-hydrogen) atoms. The second-order valence-corrected chi connectivity index (χ2v) is 4.53. The van der Waals surface area contributed by atoms with Crippen LogP contribution in [0, 0.1) is 0 Å². The molecule has 0 aliphatic carbocycles. The third kappa shape index (κ3) is 2.14. The van der Waals surface area contributed by atoms with E-state index in [4.69, 9.17) is 0 Å². The fraction of sp³-hybridized carbons (Fsp3) is 0.286. The van der Waals surface area contributed by atoms with Gasteiger partial charge in [0.05, 0.1) is 6.54 Å². The summed E-state index contributed by atoms with van der Waals surface area (Å²) in [5.74, 6) is 0.989. The number of aryl methyl sites for hydroxylation is 1. The third-order valence-corrected chi connectivity index (χ3v) is 3.25. The SMILES string of the molecule is CCc1ccc(CN2C=Cn3cnnc3C2)cc1. The molecular weight excluding hydrogens is 224 g/mol. The lowest BCUT2D eigenvalue weighted by Crippen LogP contribution is -2.21. The number of rotatable bonds is 3. The van der Waals surface area contributed by atoms with Crippen LogP contribution in [0.1, 0.15) is 23.9 Å². The first-order valence-electron chi connectivity index (χ1n) is 6.23. The van der Waals surface area contributed by atoms with Crippen LogP contribution in [0.3, 0.4) is 0 Å². The minimum absolute atomic E-state index is 0.812. The fourth-order valence-corrected chi connectivity index (χ4v) is 2.13. The van der Waals surface area contributed by atoms with Gasteiger partial charge in [-0.25, -0.2) is 0 Å². The van der Waals surface area contributed by atoms with Crippen LogP contribution in [0.25, 0.3) is 6.20 Å². The summed E-state index contributed by atoms with van der Waals surface area (Å²) in [6.07, 6.45) is 6.91. The molecule has 0 N–H and O–H groups in total. The highest BCUT2D eigenvalue weighted by Gasteiger charge is 2.11. The molecule has 1 aliphatic rings. The summed E-state index contributed by atoms with van der Waals surface area (Å²) in [5, 5.41) is 8.00. The summed E-state index contributed by atoms with van der Waals surface area (Å²) in [4.78, 5) is 2.24. The molecule has 0 radical (unpaired) electrons. The Balaban J connectivity index is 1.70. The molecule has 0 spiro atoms. The van der Waals surface area contributed by atoms with Crippen molar-refractivity contribution in [2.75, 3.05) is 0 Å². The zero-order valence-corrected chi connectivity index (χ0v) is 10.5. The average molecular weight is 240 g/mol. The summed E-state index contributed by atoms with van der Waals surface area (Å²) in [6, 6.07) is 8.80. The second kappa shape index (κ2) is 4.64. The number of hydrogen-bond donors (Lipinski definition) is 0. The van der Waals surface area contributed by atoms with Crippen LogP contribution < -0.4 is 0 Å². The second-order valence-electron chi connectivity index (χ2n) is 4.53. The van der Waals surface area contributed by atoms with Crippen LogP contribution in [0.5, 0.6) is 0 Å². The van der Waals surface area contributed by atoms with E-state index in [0.717, 1.165) is 25.3 Å². The van der Waals surface area contributed by atoms with Crippen molar-refractivity contribution in [1.29, 1.82) is 0 Å². The minimum Gasteiger partial charge on any atom is -0.364 e. The van der Waals surface area contributed by atoms with Crippen molar-refractivity contribution >= 4 is 6.20 Å². The fourth-order valence-electron chi connectivity index (χ4n) is 2.13. The van der Waals surface area contributed by atoms with Crippen molar-refractivity contribution in [3.8, 4) is 0 Å². The van der Waals surface area contributed by atoms with Crippen LogP contribution in [0.4, 0.5) is 0 Å². The van der Waals surface area contributed by atoms with Gasteiger partial charge in [-0.05, 0) is 17.5 Å². The van der Waals surface area contributed by atoms with E-state index in [2.05, 4.69) is 52.5 Å². The maximum atomic E-state index is 4.10. The van der Waals surface area contributed by atoms with Crippen LogP contribution in [0.15, 0.2) is 36.8 Å². The normalized spacial score (nSPS) is 13.7. The molecule has 0 unspecified atom stereocenters. The van der Waals surface area contributed by atoms with E-state index in [9.17, 15) is 0 Å². The number of hydrogen-bond acceptors (Lipinski definition) is 3. The highest BCUT2D eigenvalue weighted by atomic mass is 15.3. The molecule has 1 aromatic carbocycles. The molecule has 3 rings (SSSR count). The van der Waals surface area contributed by atoms with E-state index in [1.54, 1.807) is 6.33 Å². The Morgan fingerprint density at radius 3 is 2.67 bits per heavy atom. The Morgan fingerprint density at radius 1 is 1.11 bits per heavy atom. The van der Waals surface area contributed by atoms with E-state index in [0.29, 0.717) is 0 Å². The smallest absolute Gasteiger partial charge is 0.156 e. The quantitative estimate of drug-likeness (QED) is 0.825. The van der Waals surface area contributed by atoms with Crippen molar-refractivity contribution < 1.29 is 0 Å². The molecule has 4 nitrogen and oxygen atoms in total. The maximum Gasteiger partial charge on any atom is 0.156 e. The molecule has 1 aliphatic heterocycles. The lowest BCUT2D eigenvalue weighted by atomic mass is 10.1. The molecule has 0 bridgehead atoms. The Hall–Kier alpha value is -2.10. The molecule has 0 fully saturated rings. The zero-order chi connectivity index (χ0) is 12.4. The van der Waals surface area contributed by atoms with Gasteiger partial charge in [0.2, 0.25) is 0 Å². The molecule has 0 saturated heterocycles. The van der Waals surface area contributed by atoms with Crippen LogP contribution in [-0.4, -0.2) is 19.7 Å². The Labute approximate surface area is 107 Å². The molecular formula is C14H16N4. The van der Waals surface area contributed by atoms with Crippen LogP contribution in [0.2, 0.25) is 0 Å². The molecule has 2 heterocycles. The van der Waals surface area contributed by atoms with E-state index in [1.165, 1.54) is 11.1 Å². The molecule has 0 atom stereocenters. The molecule has 1 aromatic heterocycles. The summed E-state index contributed by atoms with van der Waals surface area (Å²) in [7, 11) is 0. The topological polar surface area (TPSA) is 34.0 Å². The number of fused-ring (bicyclic) bond motifs is 1. The highest BCUT2D eigenvalue weighted by Crippen LogP contribution is 2.14. The van der Waals surface area contributed by atoms with Gasteiger partial charge in [-0.15, -0.1) is 10.2 Å². The Kier molecular flexibility index (Phi) is 2.84. The van der Waals surface area contributed by atoms with Gasteiger partial charge in [0, 0.05) is 18.9 Å². The van der Waals surface area contributed by atoms with Crippen LogP contribution >= 0.6 is 0 Å². The van der Waals surface area contributed by atoms with Crippen molar-refractivity contribution in [3.63, 3.8) is 0 Å². The van der Waals surface area contributed by atoms with E-state index < -0.39 is 0 Å². The van der Waals surface area contributed by atoms with E-state index in [1.807, 2.05) is 10.8 Å². The lowest BCUT2D eigenvalue weighted by Gasteiger charge is -2.23. The number of benzene rings is 1. The molecule has 92 valence electrons. The summed E-state index contributed by atoms with van der Waals surface area (Å²) in [5.41, 5.74) is 2.71. The van der Waals surface area contributed by atoms with Gasteiger partial charge in [0.25, 0.3) is 0 Å². The first kappa shape index (κ1) is 11.0.